The number of hydrogen-bond donors (Lipinski definition) is 1. The normalized spacial score (nSPS) is 12.0. The zero-order valence-corrected chi connectivity index (χ0v) is 13.4. The molecule has 1 N–H and O–H groups in total. The van der Waals surface area contributed by atoms with Crippen LogP contribution < -0.4 is 5.32 Å². The van der Waals surface area contributed by atoms with Crippen LogP contribution >= 0.6 is 11.6 Å². The largest absolute Gasteiger partial charge is 0.340 e. The summed E-state index contributed by atoms with van der Waals surface area (Å²) in [4.78, 5) is 16.4. The van der Waals surface area contributed by atoms with Gasteiger partial charge in [0.1, 0.15) is 11.9 Å². The molecule has 2 aromatic carbocycles. The Labute approximate surface area is 142 Å². The minimum absolute atomic E-state index is 0.0400. The van der Waals surface area contributed by atoms with E-state index in [1.54, 1.807) is 37.3 Å². The summed E-state index contributed by atoms with van der Waals surface area (Å²) in [5, 5.41) is 7.12. The van der Waals surface area contributed by atoms with Gasteiger partial charge in [0.2, 0.25) is 11.7 Å². The molecule has 1 amide bonds. The summed E-state index contributed by atoms with van der Waals surface area (Å²) in [6, 6.07) is 12.1. The molecule has 1 aromatic heterocycles. The zero-order chi connectivity index (χ0) is 17.1. The summed E-state index contributed by atoms with van der Waals surface area (Å²) >= 11 is 5.84. The first-order valence-corrected chi connectivity index (χ1v) is 7.57. The van der Waals surface area contributed by atoms with Gasteiger partial charge in [0.05, 0.1) is 5.56 Å². The van der Waals surface area contributed by atoms with E-state index in [0.29, 0.717) is 10.8 Å². The second kappa shape index (κ2) is 6.80. The molecule has 24 heavy (non-hydrogen) atoms. The fourth-order valence-corrected chi connectivity index (χ4v) is 2.23. The molecular formula is C17H13ClFN3O2. The monoisotopic (exact) mass is 345 g/mol. The van der Waals surface area contributed by atoms with E-state index < -0.39 is 17.8 Å². The second-order valence-electron chi connectivity index (χ2n) is 5.14. The Kier molecular flexibility index (Phi) is 4.57. The standard InChI is InChI=1S/C17H13ClFN3O2/c1-10(20-16(23)13-4-2-3-5-14(13)19)17-21-15(22-24-17)11-6-8-12(18)9-7-11/h2-10H,1H3,(H,20,23). The van der Waals surface area contributed by atoms with E-state index >= 15 is 0 Å². The Morgan fingerprint density at radius 2 is 1.92 bits per heavy atom. The van der Waals surface area contributed by atoms with Crippen molar-refractivity contribution in [1.82, 2.24) is 15.5 Å². The molecule has 7 heteroatoms. The maximum Gasteiger partial charge on any atom is 0.254 e. The average molecular weight is 346 g/mol. The Morgan fingerprint density at radius 3 is 2.62 bits per heavy atom. The smallest absolute Gasteiger partial charge is 0.254 e. The van der Waals surface area contributed by atoms with Crippen molar-refractivity contribution in [1.29, 1.82) is 0 Å². The van der Waals surface area contributed by atoms with Gasteiger partial charge in [-0.2, -0.15) is 4.98 Å². The third-order valence-electron chi connectivity index (χ3n) is 3.38. The van der Waals surface area contributed by atoms with Crippen molar-refractivity contribution in [3.8, 4) is 11.4 Å². The highest BCUT2D eigenvalue weighted by Gasteiger charge is 2.19. The van der Waals surface area contributed by atoms with Crippen molar-refractivity contribution in [3.05, 3.63) is 70.8 Å². The molecule has 0 bridgehead atoms. The molecule has 0 radical (unpaired) electrons. The van der Waals surface area contributed by atoms with Crippen LogP contribution in [0.25, 0.3) is 11.4 Å². The van der Waals surface area contributed by atoms with Crippen LogP contribution in [-0.4, -0.2) is 16.0 Å². The molecule has 0 fully saturated rings. The molecule has 0 aliphatic heterocycles. The van der Waals surface area contributed by atoms with Crippen LogP contribution in [0.4, 0.5) is 4.39 Å². The maximum absolute atomic E-state index is 13.6. The highest BCUT2D eigenvalue weighted by Crippen LogP contribution is 2.21. The van der Waals surface area contributed by atoms with Gasteiger partial charge in [0, 0.05) is 10.6 Å². The van der Waals surface area contributed by atoms with E-state index in [1.165, 1.54) is 18.2 Å². The predicted octanol–water partition coefficient (Wildman–Crippen LogP) is 4.02. The Bertz CT molecular complexity index is 864. The maximum atomic E-state index is 13.6. The molecule has 1 atom stereocenters. The number of carbonyl (C=O) groups excluding carboxylic acids is 1. The SMILES string of the molecule is CC(NC(=O)c1ccccc1F)c1nc(-c2ccc(Cl)cc2)no1. The number of nitrogens with zero attached hydrogens (tertiary/aromatic N) is 2. The van der Waals surface area contributed by atoms with Crippen molar-refractivity contribution < 1.29 is 13.7 Å². The molecular weight excluding hydrogens is 333 g/mol. The number of amides is 1. The summed E-state index contributed by atoms with van der Waals surface area (Å²) in [7, 11) is 0. The molecule has 5 nitrogen and oxygen atoms in total. The topological polar surface area (TPSA) is 68.0 Å². The first kappa shape index (κ1) is 16.1. The number of hydrogen-bond acceptors (Lipinski definition) is 4. The number of halogens is 2. The zero-order valence-electron chi connectivity index (χ0n) is 12.7. The van der Waals surface area contributed by atoms with Gasteiger partial charge in [-0.05, 0) is 43.3 Å². The highest BCUT2D eigenvalue weighted by atomic mass is 35.5. The molecule has 0 aliphatic rings. The predicted molar refractivity (Wildman–Crippen MR) is 87.0 cm³/mol. The quantitative estimate of drug-likeness (QED) is 0.775. The second-order valence-corrected chi connectivity index (χ2v) is 5.57. The fraction of sp³-hybridized carbons (Fsp3) is 0.118. The van der Waals surface area contributed by atoms with Crippen molar-refractivity contribution in [2.75, 3.05) is 0 Å². The summed E-state index contributed by atoms with van der Waals surface area (Å²) in [5.74, 6) is -0.528. The summed E-state index contributed by atoms with van der Waals surface area (Å²) < 4.78 is 18.8. The van der Waals surface area contributed by atoms with E-state index in [1.807, 2.05) is 0 Å². The first-order chi connectivity index (χ1) is 11.5. The third kappa shape index (κ3) is 3.44. The van der Waals surface area contributed by atoms with Gasteiger partial charge in [-0.1, -0.05) is 28.9 Å². The Balaban J connectivity index is 1.74. The van der Waals surface area contributed by atoms with Gasteiger partial charge >= 0.3 is 0 Å². The van der Waals surface area contributed by atoms with E-state index in [4.69, 9.17) is 16.1 Å². The van der Waals surface area contributed by atoms with Crippen LogP contribution in [-0.2, 0) is 0 Å². The molecule has 3 rings (SSSR count). The molecule has 1 heterocycles. The fourth-order valence-electron chi connectivity index (χ4n) is 2.11. The molecule has 122 valence electrons. The number of carbonyl (C=O) groups is 1. The van der Waals surface area contributed by atoms with Crippen LogP contribution in [0, 0.1) is 5.82 Å². The average Bonchev–Trinajstić information content (AvgIpc) is 3.06. The Morgan fingerprint density at radius 1 is 1.21 bits per heavy atom. The van der Waals surface area contributed by atoms with E-state index in [0.717, 1.165) is 5.56 Å². The highest BCUT2D eigenvalue weighted by molar-refractivity contribution is 6.30. The molecule has 3 aromatic rings. The van der Waals surface area contributed by atoms with Crippen molar-refractivity contribution in [2.24, 2.45) is 0 Å². The number of nitrogens with one attached hydrogen (secondary N) is 1. The first-order valence-electron chi connectivity index (χ1n) is 7.19. The van der Waals surface area contributed by atoms with Gasteiger partial charge in [-0.25, -0.2) is 4.39 Å². The van der Waals surface area contributed by atoms with Gasteiger partial charge < -0.3 is 9.84 Å². The molecule has 0 spiro atoms. The van der Waals surface area contributed by atoms with Crippen LogP contribution in [0.2, 0.25) is 5.02 Å². The van der Waals surface area contributed by atoms with Gasteiger partial charge in [0.25, 0.3) is 5.91 Å². The van der Waals surface area contributed by atoms with Gasteiger partial charge in [-0.3, -0.25) is 4.79 Å². The van der Waals surface area contributed by atoms with Crippen LogP contribution in [0.5, 0.6) is 0 Å². The van der Waals surface area contributed by atoms with Gasteiger partial charge in [-0.15, -0.1) is 0 Å². The lowest BCUT2D eigenvalue weighted by Crippen LogP contribution is -2.27. The van der Waals surface area contributed by atoms with E-state index in [-0.39, 0.29) is 11.5 Å². The molecule has 0 saturated heterocycles. The minimum atomic E-state index is -0.588. The van der Waals surface area contributed by atoms with Crippen molar-refractivity contribution in [3.63, 3.8) is 0 Å². The van der Waals surface area contributed by atoms with Crippen molar-refractivity contribution in [2.45, 2.75) is 13.0 Å². The Hall–Kier alpha value is -2.73. The molecule has 1 unspecified atom stereocenters. The van der Waals surface area contributed by atoms with E-state index in [2.05, 4.69) is 15.5 Å². The summed E-state index contributed by atoms with van der Waals surface area (Å²) in [6.07, 6.45) is 0. The number of rotatable bonds is 4. The number of benzene rings is 2. The molecule has 0 saturated carbocycles. The summed E-state index contributed by atoms with van der Waals surface area (Å²) in [5.41, 5.74) is 0.698. The minimum Gasteiger partial charge on any atom is -0.340 e. The van der Waals surface area contributed by atoms with Crippen LogP contribution in [0.1, 0.15) is 29.2 Å². The van der Waals surface area contributed by atoms with Crippen molar-refractivity contribution >= 4 is 17.5 Å². The van der Waals surface area contributed by atoms with E-state index in [9.17, 15) is 9.18 Å². The van der Waals surface area contributed by atoms with Crippen LogP contribution in [0.15, 0.2) is 53.1 Å². The van der Waals surface area contributed by atoms with Crippen LogP contribution in [0.3, 0.4) is 0 Å². The number of aromatic nitrogens is 2. The lowest BCUT2D eigenvalue weighted by molar-refractivity contribution is 0.0928. The molecule has 0 aliphatic carbocycles. The third-order valence-corrected chi connectivity index (χ3v) is 3.63. The lowest BCUT2D eigenvalue weighted by Gasteiger charge is -2.10. The summed E-state index contributed by atoms with van der Waals surface area (Å²) in [6.45, 7) is 1.68. The van der Waals surface area contributed by atoms with Gasteiger partial charge in [0.15, 0.2) is 0 Å². The lowest BCUT2D eigenvalue weighted by atomic mass is 10.2.